The van der Waals surface area contributed by atoms with E-state index in [0.29, 0.717) is 0 Å². The Bertz CT molecular complexity index is 429. The first-order valence-electron chi connectivity index (χ1n) is 6.71. The van der Waals surface area contributed by atoms with Gasteiger partial charge in [-0.3, -0.25) is 0 Å². The van der Waals surface area contributed by atoms with Crippen molar-refractivity contribution < 1.29 is 14.9 Å². The number of fused-ring (bicyclic) bond motifs is 1. The van der Waals surface area contributed by atoms with Crippen molar-refractivity contribution in [2.75, 3.05) is 6.61 Å². The first-order chi connectivity index (χ1) is 8.39. The van der Waals surface area contributed by atoms with E-state index in [9.17, 15) is 10.2 Å². The molecule has 18 heavy (non-hydrogen) atoms. The molecule has 2 fully saturated rings. The minimum absolute atomic E-state index is 0.0202. The predicted molar refractivity (Wildman–Crippen MR) is 69.0 cm³/mol. The molecule has 2 N–H and O–H groups in total. The molecule has 2 bridgehead atoms. The molecule has 5 atom stereocenters. The second kappa shape index (κ2) is 3.47. The van der Waals surface area contributed by atoms with E-state index in [1.165, 1.54) is 0 Å². The van der Waals surface area contributed by atoms with Gasteiger partial charge in [-0.2, -0.15) is 0 Å². The van der Waals surface area contributed by atoms with Gasteiger partial charge in [0, 0.05) is 5.92 Å². The quantitative estimate of drug-likeness (QED) is 0.735. The average Bonchev–Trinajstić information content (AvgIpc) is 2.66. The third-order valence-corrected chi connectivity index (χ3v) is 5.46. The van der Waals surface area contributed by atoms with Crippen molar-refractivity contribution in [3.63, 3.8) is 0 Å². The summed E-state index contributed by atoms with van der Waals surface area (Å²) >= 11 is 0. The summed E-state index contributed by atoms with van der Waals surface area (Å²) in [6, 6.07) is 0. The van der Waals surface area contributed by atoms with Gasteiger partial charge in [-0.25, -0.2) is 0 Å². The standard InChI is InChI=1S/C15H22O3/c1-10(2)15-7-11-13(3,8-12(15)17)5-4-6-14(11,9-16)18-15/h4,6,11-12,16-17H,1,5,7-9H2,2-3H3/t11-,12+,13+,14-,15-/m1/s1. The third-order valence-electron chi connectivity index (χ3n) is 5.46. The molecule has 0 aromatic rings. The second-order valence-electron chi connectivity index (χ2n) is 6.62. The van der Waals surface area contributed by atoms with E-state index in [0.717, 1.165) is 24.8 Å². The van der Waals surface area contributed by atoms with Crippen LogP contribution < -0.4 is 0 Å². The maximum absolute atomic E-state index is 10.5. The van der Waals surface area contributed by atoms with Gasteiger partial charge < -0.3 is 14.9 Å². The Kier molecular flexibility index (Phi) is 2.39. The number of hydrogen-bond acceptors (Lipinski definition) is 3. The van der Waals surface area contributed by atoms with Gasteiger partial charge in [0.05, 0.1) is 12.7 Å². The normalized spacial score (nSPS) is 53.6. The number of hydrogen-bond donors (Lipinski definition) is 2. The van der Waals surface area contributed by atoms with E-state index in [2.05, 4.69) is 19.6 Å². The van der Waals surface area contributed by atoms with Gasteiger partial charge in [-0.15, -0.1) is 0 Å². The van der Waals surface area contributed by atoms with Crippen molar-refractivity contribution in [1.82, 2.24) is 0 Å². The zero-order valence-corrected chi connectivity index (χ0v) is 11.1. The predicted octanol–water partition coefficient (Wildman–Crippen LogP) is 1.80. The molecular formula is C15H22O3. The molecule has 1 aliphatic heterocycles. The van der Waals surface area contributed by atoms with Crippen molar-refractivity contribution in [1.29, 1.82) is 0 Å². The molecule has 0 radical (unpaired) electrons. The Balaban J connectivity index is 2.14. The summed E-state index contributed by atoms with van der Waals surface area (Å²) in [4.78, 5) is 0. The van der Waals surface area contributed by atoms with Gasteiger partial charge in [0.15, 0.2) is 0 Å². The summed E-state index contributed by atoms with van der Waals surface area (Å²) in [6.07, 6.45) is 6.01. The molecule has 0 spiro atoms. The molecule has 3 nitrogen and oxygen atoms in total. The topological polar surface area (TPSA) is 49.7 Å². The highest BCUT2D eigenvalue weighted by atomic mass is 16.6. The van der Waals surface area contributed by atoms with Gasteiger partial charge in [0.2, 0.25) is 0 Å². The van der Waals surface area contributed by atoms with Crippen molar-refractivity contribution in [2.45, 2.75) is 50.4 Å². The number of rotatable bonds is 2. The lowest BCUT2D eigenvalue weighted by Crippen LogP contribution is -2.51. The van der Waals surface area contributed by atoms with E-state index in [-0.39, 0.29) is 17.9 Å². The van der Waals surface area contributed by atoms with Crippen LogP contribution in [-0.2, 0) is 4.74 Å². The van der Waals surface area contributed by atoms with Crippen LogP contribution in [0.3, 0.4) is 0 Å². The van der Waals surface area contributed by atoms with Crippen LogP contribution in [-0.4, -0.2) is 34.1 Å². The fourth-order valence-corrected chi connectivity index (χ4v) is 4.36. The summed E-state index contributed by atoms with van der Waals surface area (Å²) in [5, 5.41) is 20.4. The first kappa shape index (κ1) is 12.4. The van der Waals surface area contributed by atoms with E-state index in [1.54, 1.807) is 0 Å². The minimum atomic E-state index is -0.665. The Hall–Kier alpha value is -0.640. The number of allylic oxidation sites excluding steroid dienone is 1. The van der Waals surface area contributed by atoms with Crippen LogP contribution in [0, 0.1) is 11.3 Å². The van der Waals surface area contributed by atoms with Gasteiger partial charge in [-0.1, -0.05) is 25.7 Å². The molecule has 1 saturated carbocycles. The highest BCUT2D eigenvalue weighted by molar-refractivity contribution is 5.31. The molecule has 0 aromatic carbocycles. The van der Waals surface area contributed by atoms with Crippen molar-refractivity contribution in [3.8, 4) is 0 Å². The fraction of sp³-hybridized carbons (Fsp3) is 0.733. The molecule has 100 valence electrons. The molecule has 0 unspecified atom stereocenters. The van der Waals surface area contributed by atoms with Crippen LogP contribution in [0.2, 0.25) is 0 Å². The lowest BCUT2D eigenvalue weighted by Gasteiger charge is -2.48. The van der Waals surface area contributed by atoms with E-state index >= 15 is 0 Å². The Morgan fingerprint density at radius 1 is 1.50 bits per heavy atom. The molecule has 1 saturated heterocycles. The van der Waals surface area contributed by atoms with Crippen LogP contribution in [0.1, 0.15) is 33.1 Å². The molecule has 3 aliphatic rings. The average molecular weight is 250 g/mol. The smallest absolute Gasteiger partial charge is 0.116 e. The molecule has 0 amide bonds. The van der Waals surface area contributed by atoms with Gasteiger partial charge in [0.25, 0.3) is 0 Å². The fourth-order valence-electron chi connectivity index (χ4n) is 4.36. The maximum atomic E-state index is 10.5. The molecule has 3 heteroatoms. The molecule has 3 rings (SSSR count). The number of ether oxygens (including phenoxy) is 1. The van der Waals surface area contributed by atoms with Crippen molar-refractivity contribution in [2.24, 2.45) is 11.3 Å². The van der Waals surface area contributed by atoms with E-state index in [1.807, 2.05) is 13.0 Å². The SMILES string of the molecule is C=C(C)[C@@]12C[C@@H]3[C@@](C)(CC=C[C@]3(CO)O1)C[C@@H]2O. The molecular weight excluding hydrogens is 228 g/mol. The summed E-state index contributed by atoms with van der Waals surface area (Å²) in [5.41, 5.74) is -0.398. The molecule has 1 heterocycles. The van der Waals surface area contributed by atoms with Crippen LogP contribution >= 0.6 is 0 Å². The zero-order valence-electron chi connectivity index (χ0n) is 11.1. The Morgan fingerprint density at radius 2 is 2.22 bits per heavy atom. The zero-order chi connectivity index (χ0) is 13.2. The monoisotopic (exact) mass is 250 g/mol. The number of aliphatic hydroxyl groups excluding tert-OH is 2. The van der Waals surface area contributed by atoms with Gasteiger partial charge in [-0.05, 0) is 37.2 Å². The van der Waals surface area contributed by atoms with Crippen molar-refractivity contribution in [3.05, 3.63) is 24.3 Å². The summed E-state index contributed by atoms with van der Waals surface area (Å²) in [7, 11) is 0. The van der Waals surface area contributed by atoms with Crippen LogP contribution in [0.15, 0.2) is 24.3 Å². The summed E-state index contributed by atoms with van der Waals surface area (Å²) in [5.74, 6) is 0.264. The first-order valence-corrected chi connectivity index (χ1v) is 6.71. The summed E-state index contributed by atoms with van der Waals surface area (Å²) in [6.45, 7) is 8.10. The van der Waals surface area contributed by atoms with E-state index < -0.39 is 17.3 Å². The number of aliphatic hydroxyl groups is 2. The second-order valence-corrected chi connectivity index (χ2v) is 6.62. The molecule has 0 aromatic heterocycles. The Morgan fingerprint density at radius 3 is 2.83 bits per heavy atom. The third kappa shape index (κ3) is 1.25. The lowest BCUT2D eigenvalue weighted by molar-refractivity contribution is -0.127. The molecule has 2 aliphatic carbocycles. The highest BCUT2D eigenvalue weighted by Gasteiger charge is 2.67. The van der Waals surface area contributed by atoms with Gasteiger partial charge >= 0.3 is 0 Å². The van der Waals surface area contributed by atoms with Crippen LogP contribution in [0.4, 0.5) is 0 Å². The van der Waals surface area contributed by atoms with Gasteiger partial charge in [0.1, 0.15) is 11.2 Å². The van der Waals surface area contributed by atoms with Crippen LogP contribution in [0.25, 0.3) is 0 Å². The minimum Gasteiger partial charge on any atom is -0.393 e. The summed E-state index contributed by atoms with van der Waals surface area (Å²) < 4.78 is 6.23. The lowest BCUT2D eigenvalue weighted by atomic mass is 9.55. The maximum Gasteiger partial charge on any atom is 0.116 e. The van der Waals surface area contributed by atoms with Crippen LogP contribution in [0.5, 0.6) is 0 Å². The Labute approximate surface area is 108 Å². The van der Waals surface area contributed by atoms with E-state index in [4.69, 9.17) is 4.74 Å². The van der Waals surface area contributed by atoms with Crippen molar-refractivity contribution >= 4 is 0 Å². The highest BCUT2D eigenvalue weighted by Crippen LogP contribution is 2.63. The largest absolute Gasteiger partial charge is 0.393 e.